The fourth-order valence-electron chi connectivity index (χ4n) is 4.90. The summed E-state index contributed by atoms with van der Waals surface area (Å²) in [6.45, 7) is 2.91. The molecule has 3 unspecified atom stereocenters. The molecule has 1 heterocycles. The lowest BCUT2D eigenvalue weighted by atomic mass is 9.80. The average molecular weight is 293 g/mol. The summed E-state index contributed by atoms with van der Waals surface area (Å²) in [4.78, 5) is 26.2. The Morgan fingerprint density at radius 1 is 1.10 bits per heavy atom. The van der Waals surface area contributed by atoms with Gasteiger partial charge in [-0.25, -0.2) is 4.79 Å². The Morgan fingerprint density at radius 3 is 2.43 bits per heavy atom. The van der Waals surface area contributed by atoms with Crippen LogP contribution < -0.4 is 0 Å². The number of aliphatic carboxylic acids is 1. The topological polar surface area (TPSA) is 57.6 Å². The minimum absolute atomic E-state index is 0.0773. The van der Waals surface area contributed by atoms with E-state index in [4.69, 9.17) is 0 Å². The van der Waals surface area contributed by atoms with Crippen molar-refractivity contribution in [1.82, 2.24) is 4.90 Å². The van der Waals surface area contributed by atoms with E-state index in [1.165, 1.54) is 6.42 Å². The molecule has 1 aliphatic heterocycles. The summed E-state index contributed by atoms with van der Waals surface area (Å²) >= 11 is 0. The quantitative estimate of drug-likeness (QED) is 0.870. The van der Waals surface area contributed by atoms with E-state index in [9.17, 15) is 14.7 Å². The maximum absolute atomic E-state index is 12.8. The third-order valence-corrected chi connectivity index (χ3v) is 6.20. The smallest absolute Gasteiger partial charge is 0.326 e. The Bertz CT molecular complexity index is 414. The lowest BCUT2D eigenvalue weighted by Crippen LogP contribution is -2.46. The zero-order chi connectivity index (χ0) is 15.0. The molecule has 3 fully saturated rings. The van der Waals surface area contributed by atoms with E-state index in [1.54, 1.807) is 4.90 Å². The molecule has 1 saturated heterocycles. The molecule has 2 saturated carbocycles. The van der Waals surface area contributed by atoms with E-state index in [-0.39, 0.29) is 17.7 Å². The van der Waals surface area contributed by atoms with Crippen LogP contribution in [0.2, 0.25) is 0 Å². The maximum Gasteiger partial charge on any atom is 0.326 e. The van der Waals surface area contributed by atoms with Gasteiger partial charge in [0, 0.05) is 12.5 Å². The van der Waals surface area contributed by atoms with Crippen molar-refractivity contribution in [2.75, 3.05) is 6.54 Å². The van der Waals surface area contributed by atoms with E-state index >= 15 is 0 Å². The van der Waals surface area contributed by atoms with Crippen molar-refractivity contribution >= 4 is 11.9 Å². The number of nitrogens with zero attached hydrogens (tertiary/aromatic N) is 1. The Morgan fingerprint density at radius 2 is 1.81 bits per heavy atom. The SMILES string of the molecule is CCC1CCC(C(=O)N2CC3CCCC3C2C(=O)O)CC1. The lowest BCUT2D eigenvalue weighted by Gasteiger charge is -2.32. The molecule has 0 aromatic carbocycles. The summed E-state index contributed by atoms with van der Waals surface area (Å²) in [6.07, 6.45) is 8.58. The summed E-state index contributed by atoms with van der Waals surface area (Å²) in [6, 6.07) is -0.547. The fraction of sp³-hybridized carbons (Fsp3) is 0.882. The first-order valence-electron chi connectivity index (χ1n) is 8.65. The van der Waals surface area contributed by atoms with Crippen LogP contribution >= 0.6 is 0 Å². The van der Waals surface area contributed by atoms with Gasteiger partial charge in [-0.2, -0.15) is 0 Å². The van der Waals surface area contributed by atoms with Crippen LogP contribution in [0.5, 0.6) is 0 Å². The van der Waals surface area contributed by atoms with Gasteiger partial charge in [-0.1, -0.05) is 19.8 Å². The number of rotatable bonds is 3. The van der Waals surface area contributed by atoms with Gasteiger partial charge in [-0.05, 0) is 56.3 Å². The van der Waals surface area contributed by atoms with E-state index in [0.29, 0.717) is 12.5 Å². The van der Waals surface area contributed by atoms with Gasteiger partial charge in [0.1, 0.15) is 6.04 Å². The predicted octanol–water partition coefficient (Wildman–Crippen LogP) is 2.91. The molecule has 3 atom stereocenters. The number of hydrogen-bond donors (Lipinski definition) is 1. The minimum atomic E-state index is -0.792. The minimum Gasteiger partial charge on any atom is -0.480 e. The number of likely N-dealkylation sites (tertiary alicyclic amines) is 1. The summed E-state index contributed by atoms with van der Waals surface area (Å²) in [7, 11) is 0. The van der Waals surface area contributed by atoms with Crippen LogP contribution in [0, 0.1) is 23.7 Å². The number of carbonyl (C=O) groups is 2. The second kappa shape index (κ2) is 5.98. The van der Waals surface area contributed by atoms with Gasteiger partial charge in [0.05, 0.1) is 0 Å². The van der Waals surface area contributed by atoms with Crippen LogP contribution in [0.15, 0.2) is 0 Å². The van der Waals surface area contributed by atoms with Gasteiger partial charge in [0.25, 0.3) is 0 Å². The number of carboxylic acid groups (broad SMARTS) is 1. The van der Waals surface area contributed by atoms with Gasteiger partial charge in [-0.3, -0.25) is 4.79 Å². The Labute approximate surface area is 126 Å². The highest BCUT2D eigenvalue weighted by Gasteiger charge is 2.50. The van der Waals surface area contributed by atoms with Gasteiger partial charge < -0.3 is 10.0 Å². The highest BCUT2D eigenvalue weighted by molar-refractivity contribution is 5.86. The van der Waals surface area contributed by atoms with Crippen LogP contribution in [0.3, 0.4) is 0 Å². The Hall–Kier alpha value is -1.06. The summed E-state index contributed by atoms with van der Waals surface area (Å²) in [5, 5.41) is 9.56. The molecule has 1 N–H and O–H groups in total. The lowest BCUT2D eigenvalue weighted by molar-refractivity contribution is -0.151. The van der Waals surface area contributed by atoms with E-state index in [2.05, 4.69) is 6.92 Å². The summed E-state index contributed by atoms with van der Waals surface area (Å²) in [5.41, 5.74) is 0. The maximum atomic E-state index is 12.8. The molecule has 0 aromatic rings. The fourth-order valence-corrected chi connectivity index (χ4v) is 4.90. The van der Waals surface area contributed by atoms with Crippen molar-refractivity contribution in [2.24, 2.45) is 23.7 Å². The second-order valence-electron chi connectivity index (χ2n) is 7.25. The Kier molecular flexibility index (Phi) is 4.23. The van der Waals surface area contributed by atoms with Crippen molar-refractivity contribution in [3.8, 4) is 0 Å². The average Bonchev–Trinajstić information content (AvgIpc) is 3.06. The molecule has 21 heavy (non-hydrogen) atoms. The standard InChI is InChI=1S/C17H27NO3/c1-2-11-6-8-12(9-7-11)16(19)18-10-13-4-3-5-14(13)15(18)17(20)21/h11-15H,2-10H2,1H3,(H,20,21). The van der Waals surface area contributed by atoms with Crippen molar-refractivity contribution < 1.29 is 14.7 Å². The molecule has 2 aliphatic carbocycles. The van der Waals surface area contributed by atoms with Gasteiger partial charge >= 0.3 is 5.97 Å². The first kappa shape index (κ1) is 14.9. The molecule has 118 valence electrons. The molecular weight excluding hydrogens is 266 g/mol. The van der Waals surface area contributed by atoms with E-state index in [1.807, 2.05) is 0 Å². The number of carboxylic acids is 1. The van der Waals surface area contributed by atoms with Gasteiger partial charge in [0.15, 0.2) is 0 Å². The number of hydrogen-bond acceptors (Lipinski definition) is 2. The largest absolute Gasteiger partial charge is 0.480 e. The van der Waals surface area contributed by atoms with E-state index < -0.39 is 12.0 Å². The van der Waals surface area contributed by atoms with Crippen molar-refractivity contribution in [3.05, 3.63) is 0 Å². The van der Waals surface area contributed by atoms with Crippen LogP contribution in [-0.4, -0.2) is 34.5 Å². The van der Waals surface area contributed by atoms with Crippen LogP contribution in [-0.2, 0) is 9.59 Å². The number of carbonyl (C=O) groups excluding carboxylic acids is 1. The molecule has 4 nitrogen and oxygen atoms in total. The highest BCUT2D eigenvalue weighted by Crippen LogP contribution is 2.43. The number of amides is 1. The van der Waals surface area contributed by atoms with Crippen molar-refractivity contribution in [3.63, 3.8) is 0 Å². The molecule has 3 rings (SSSR count). The number of fused-ring (bicyclic) bond motifs is 1. The van der Waals surface area contributed by atoms with Crippen LogP contribution in [0.25, 0.3) is 0 Å². The second-order valence-corrected chi connectivity index (χ2v) is 7.25. The predicted molar refractivity (Wildman–Crippen MR) is 79.7 cm³/mol. The van der Waals surface area contributed by atoms with Gasteiger partial charge in [-0.15, -0.1) is 0 Å². The molecule has 0 bridgehead atoms. The first-order chi connectivity index (χ1) is 10.1. The zero-order valence-electron chi connectivity index (χ0n) is 13.0. The monoisotopic (exact) mass is 293 g/mol. The molecule has 0 spiro atoms. The van der Waals surface area contributed by atoms with Gasteiger partial charge in [0.2, 0.25) is 5.91 Å². The normalized spacial score (nSPS) is 39.3. The Balaban J connectivity index is 1.68. The highest BCUT2D eigenvalue weighted by atomic mass is 16.4. The molecule has 4 heteroatoms. The summed E-state index contributed by atoms with van der Waals surface area (Å²) < 4.78 is 0. The third-order valence-electron chi connectivity index (χ3n) is 6.20. The van der Waals surface area contributed by atoms with Crippen LogP contribution in [0.1, 0.15) is 58.3 Å². The van der Waals surface area contributed by atoms with Crippen molar-refractivity contribution in [1.29, 1.82) is 0 Å². The molecule has 0 radical (unpaired) electrons. The molecular formula is C17H27NO3. The molecule has 1 amide bonds. The summed E-state index contributed by atoms with van der Waals surface area (Å²) in [5.74, 6) is 0.822. The zero-order valence-corrected chi connectivity index (χ0v) is 13.0. The van der Waals surface area contributed by atoms with Crippen LogP contribution in [0.4, 0.5) is 0 Å². The van der Waals surface area contributed by atoms with E-state index in [0.717, 1.165) is 50.9 Å². The molecule has 0 aromatic heterocycles. The molecule has 3 aliphatic rings. The first-order valence-corrected chi connectivity index (χ1v) is 8.65. The third kappa shape index (κ3) is 2.69. The van der Waals surface area contributed by atoms with Crippen molar-refractivity contribution in [2.45, 2.75) is 64.3 Å².